The van der Waals surface area contributed by atoms with Gasteiger partial charge in [-0.05, 0) is 67.0 Å². The number of benzene rings is 3. The summed E-state index contributed by atoms with van der Waals surface area (Å²) in [4.78, 5) is 83.6. The maximum absolute atomic E-state index is 15.5. The summed E-state index contributed by atoms with van der Waals surface area (Å²) in [5.74, 6) is -6.99. The summed E-state index contributed by atoms with van der Waals surface area (Å²) in [5.41, 5.74) is -7.25. The van der Waals surface area contributed by atoms with Crippen molar-refractivity contribution in [3.8, 4) is 0 Å². The molecule has 4 aliphatic rings. The number of amides is 1. The van der Waals surface area contributed by atoms with Crippen LogP contribution >= 0.6 is 11.6 Å². The number of carbonyl (C=O) groups is 6. The second-order valence-corrected chi connectivity index (χ2v) is 17.9. The van der Waals surface area contributed by atoms with Crippen molar-refractivity contribution in [2.75, 3.05) is 6.61 Å². The van der Waals surface area contributed by atoms with Crippen molar-refractivity contribution in [1.82, 2.24) is 5.32 Å². The quantitative estimate of drug-likeness (QED) is 0.126. The zero-order chi connectivity index (χ0) is 45.8. The summed E-state index contributed by atoms with van der Waals surface area (Å²) in [6.07, 6.45) is -10.7. The van der Waals surface area contributed by atoms with Crippen molar-refractivity contribution < 1.29 is 67.8 Å². The number of rotatable bonds is 10. The van der Waals surface area contributed by atoms with Gasteiger partial charge < -0.3 is 44.3 Å². The van der Waals surface area contributed by atoms with Gasteiger partial charge in [0.1, 0.15) is 23.9 Å². The number of ether oxygens (including phenoxy) is 5. The minimum atomic E-state index is -2.42. The molecule has 3 fully saturated rings. The van der Waals surface area contributed by atoms with Gasteiger partial charge in [-0.2, -0.15) is 0 Å². The summed E-state index contributed by atoms with van der Waals surface area (Å²) >= 11 is 6.14. The molecular weight excluding hydrogens is 838 g/mol. The van der Waals surface area contributed by atoms with Gasteiger partial charge >= 0.3 is 23.9 Å². The summed E-state index contributed by atoms with van der Waals surface area (Å²) in [6.45, 7) is 7.89. The lowest BCUT2D eigenvalue weighted by molar-refractivity contribution is -0.346. The van der Waals surface area contributed by atoms with Gasteiger partial charge in [0.05, 0.1) is 35.6 Å². The normalized spacial score (nSPS) is 31.6. The third kappa shape index (κ3) is 7.73. The number of Topliss-reactive ketones (excluding diaryl/α,β-unsaturated/α-hetero) is 1. The first-order chi connectivity index (χ1) is 29.7. The fourth-order valence-electron chi connectivity index (χ4n) is 10.2. The Hall–Kier alpha value is -5.45. The molecule has 0 unspecified atom stereocenters. The second kappa shape index (κ2) is 16.9. The standard InChI is InChI=1S/C47H50ClNO14/c1-24-31(61-43(57)36(53)35(27-13-9-7-10-14-27)49-41(55)28-15-11-8-12-16-28)22-47(58)40(62-42(56)29-17-19-30(48)20-18-29)38-45(6,32(52)21-33-46(38,23-59-33)63-26(3)51)39(54)37(60-25(2)50)34(24)44(47,4)5/h7-20,31-33,35-38,40,52-53,58H,21-23H2,1-6H3,(H,49,55)/t31-,32-,33+,35-,36+,37+,38-,40-,45+,46-,47+/m0/s1. The molecule has 1 amide bonds. The fourth-order valence-corrected chi connectivity index (χ4v) is 10.3. The fraction of sp³-hybridized carbons (Fsp3) is 0.447. The molecule has 16 heteroatoms. The second-order valence-electron chi connectivity index (χ2n) is 17.5. The van der Waals surface area contributed by atoms with Crippen LogP contribution in [0.4, 0.5) is 0 Å². The number of halogens is 1. The number of aliphatic hydroxyl groups excluding tert-OH is 2. The molecule has 3 aliphatic carbocycles. The lowest BCUT2D eigenvalue weighted by Crippen LogP contribution is -2.82. The third-order valence-corrected chi connectivity index (χ3v) is 13.8. The topological polar surface area (TPSA) is 221 Å². The molecule has 0 aromatic heterocycles. The Morgan fingerprint density at radius 1 is 0.857 bits per heavy atom. The van der Waals surface area contributed by atoms with E-state index < -0.39 is 113 Å². The molecule has 334 valence electrons. The molecule has 0 spiro atoms. The molecule has 1 aliphatic heterocycles. The first kappa shape index (κ1) is 45.6. The number of nitrogens with one attached hydrogen (secondary N) is 1. The van der Waals surface area contributed by atoms with E-state index in [2.05, 4.69) is 5.32 Å². The first-order valence-corrected chi connectivity index (χ1v) is 21.0. The van der Waals surface area contributed by atoms with Gasteiger partial charge in [-0.1, -0.05) is 74.0 Å². The van der Waals surface area contributed by atoms with Crippen LogP contribution in [0.15, 0.2) is 96.1 Å². The summed E-state index contributed by atoms with van der Waals surface area (Å²) in [7, 11) is 0. The molecule has 2 saturated carbocycles. The van der Waals surface area contributed by atoms with Gasteiger partial charge in [-0.25, -0.2) is 9.59 Å². The number of ketones is 1. The number of hydrogen-bond donors (Lipinski definition) is 4. The van der Waals surface area contributed by atoms with Gasteiger partial charge in [-0.15, -0.1) is 0 Å². The van der Waals surface area contributed by atoms with Gasteiger partial charge in [0, 0.05) is 42.7 Å². The molecule has 3 aromatic rings. The van der Waals surface area contributed by atoms with Crippen LogP contribution in [0.2, 0.25) is 5.02 Å². The Morgan fingerprint density at radius 2 is 1.48 bits per heavy atom. The maximum Gasteiger partial charge on any atom is 0.338 e. The average Bonchev–Trinajstić information content (AvgIpc) is 3.24. The van der Waals surface area contributed by atoms with E-state index in [9.17, 15) is 39.3 Å². The van der Waals surface area contributed by atoms with E-state index in [0.717, 1.165) is 13.8 Å². The average molecular weight is 888 g/mol. The van der Waals surface area contributed by atoms with Crippen molar-refractivity contribution in [2.24, 2.45) is 16.7 Å². The molecule has 0 radical (unpaired) electrons. The monoisotopic (exact) mass is 887 g/mol. The molecule has 4 N–H and O–H groups in total. The largest absolute Gasteiger partial charge is 0.456 e. The molecule has 63 heavy (non-hydrogen) atoms. The van der Waals surface area contributed by atoms with E-state index in [1.165, 1.54) is 38.1 Å². The van der Waals surface area contributed by atoms with Gasteiger partial charge in [-0.3, -0.25) is 19.2 Å². The number of carbonyl (C=O) groups excluding carboxylic acids is 6. The molecule has 2 bridgehead atoms. The SMILES string of the molecule is CC(=O)O[C@H]1C(=O)[C@@]2(C)[C@H]([C@H](OC(=O)c3ccc(Cl)cc3)[C@]3(O)C[C@H](OC(=O)[C@H](O)[C@@H](NC(=O)c4ccccc4)c4ccccc4)C(C)=C1C3(C)C)[C@]1(OC(C)=O)CO[C@@H]1C[C@@H]2O. The Kier molecular flexibility index (Phi) is 12.2. The maximum atomic E-state index is 15.5. The Labute approximate surface area is 368 Å². The Balaban J connectivity index is 1.39. The van der Waals surface area contributed by atoms with Crippen molar-refractivity contribution in [1.29, 1.82) is 0 Å². The zero-order valence-electron chi connectivity index (χ0n) is 35.5. The molecule has 1 heterocycles. The highest BCUT2D eigenvalue weighted by Crippen LogP contribution is 2.64. The highest BCUT2D eigenvalue weighted by Gasteiger charge is 2.78. The van der Waals surface area contributed by atoms with E-state index in [0.29, 0.717) is 10.6 Å². The van der Waals surface area contributed by atoms with Crippen molar-refractivity contribution in [3.63, 3.8) is 0 Å². The third-order valence-electron chi connectivity index (χ3n) is 13.6. The smallest absolute Gasteiger partial charge is 0.338 e. The summed E-state index contributed by atoms with van der Waals surface area (Å²) < 4.78 is 30.3. The van der Waals surface area contributed by atoms with Crippen LogP contribution in [0.5, 0.6) is 0 Å². The van der Waals surface area contributed by atoms with Crippen LogP contribution in [0.3, 0.4) is 0 Å². The number of aliphatic hydroxyl groups is 3. The van der Waals surface area contributed by atoms with Crippen molar-refractivity contribution in [2.45, 2.75) is 108 Å². The molecule has 1 saturated heterocycles. The van der Waals surface area contributed by atoms with E-state index >= 15 is 4.79 Å². The predicted molar refractivity (Wildman–Crippen MR) is 223 cm³/mol. The minimum absolute atomic E-state index is 0.00801. The van der Waals surface area contributed by atoms with Gasteiger partial charge in [0.2, 0.25) is 0 Å². The number of fused-ring (bicyclic) bond motifs is 5. The predicted octanol–water partition coefficient (Wildman–Crippen LogP) is 4.39. The summed E-state index contributed by atoms with van der Waals surface area (Å²) in [6, 6.07) is 20.7. The Bertz CT molecular complexity index is 2340. The molecule has 15 nitrogen and oxygen atoms in total. The number of esters is 4. The highest BCUT2D eigenvalue weighted by molar-refractivity contribution is 6.30. The first-order valence-electron chi connectivity index (χ1n) is 20.6. The van der Waals surface area contributed by atoms with Crippen molar-refractivity contribution >= 4 is 47.2 Å². The number of hydrogen-bond acceptors (Lipinski definition) is 14. The van der Waals surface area contributed by atoms with Crippen LogP contribution in [-0.4, -0.2) is 105 Å². The van der Waals surface area contributed by atoms with Gasteiger partial charge in [0.25, 0.3) is 5.91 Å². The molecular formula is C47H50ClNO14. The highest BCUT2D eigenvalue weighted by atomic mass is 35.5. The van der Waals surface area contributed by atoms with E-state index in [1.807, 2.05) is 0 Å². The molecule has 7 rings (SSSR count). The zero-order valence-corrected chi connectivity index (χ0v) is 36.3. The van der Waals surface area contributed by atoms with Crippen LogP contribution in [0.1, 0.15) is 86.7 Å². The van der Waals surface area contributed by atoms with Crippen LogP contribution in [0.25, 0.3) is 0 Å². The lowest BCUT2D eigenvalue weighted by atomic mass is 9.44. The minimum Gasteiger partial charge on any atom is -0.456 e. The van der Waals surface area contributed by atoms with Crippen LogP contribution < -0.4 is 5.32 Å². The Morgan fingerprint density at radius 3 is 2.05 bits per heavy atom. The molecule has 3 aromatic carbocycles. The van der Waals surface area contributed by atoms with Gasteiger partial charge in [0.15, 0.2) is 23.6 Å². The molecule has 11 atom stereocenters. The van der Waals surface area contributed by atoms with Crippen molar-refractivity contribution in [3.05, 3.63) is 118 Å². The van der Waals surface area contributed by atoms with Crippen LogP contribution in [-0.2, 0) is 42.9 Å². The van der Waals surface area contributed by atoms with E-state index in [-0.39, 0.29) is 35.3 Å². The summed E-state index contributed by atoms with van der Waals surface area (Å²) in [5, 5.41) is 40.6. The van der Waals surface area contributed by atoms with Crippen LogP contribution in [0, 0.1) is 16.7 Å². The lowest BCUT2D eigenvalue weighted by Gasteiger charge is -2.67. The van der Waals surface area contributed by atoms with E-state index in [4.69, 9.17) is 35.3 Å². The van der Waals surface area contributed by atoms with E-state index in [1.54, 1.807) is 74.5 Å².